The van der Waals surface area contributed by atoms with E-state index in [1.54, 1.807) is 23.6 Å². The number of nitrogens with one attached hydrogen (secondary N) is 2. The Morgan fingerprint density at radius 2 is 1.52 bits per heavy atom. The number of hydrogen-bond donors (Lipinski definition) is 2. The van der Waals surface area contributed by atoms with Crippen LogP contribution in [-0.2, 0) is 11.2 Å². The second kappa shape index (κ2) is 8.56. The van der Waals surface area contributed by atoms with E-state index in [-0.39, 0.29) is 12.8 Å². The van der Waals surface area contributed by atoms with Gasteiger partial charge in [0, 0.05) is 6.42 Å². The Morgan fingerprint density at radius 3 is 2.07 bits per heavy atom. The summed E-state index contributed by atoms with van der Waals surface area (Å²) in [6.45, 7) is 0. The van der Waals surface area contributed by atoms with E-state index in [0.29, 0.717) is 17.1 Å². The Morgan fingerprint density at radius 1 is 0.926 bits per heavy atom. The van der Waals surface area contributed by atoms with Crippen molar-refractivity contribution in [2.45, 2.75) is 12.8 Å². The predicted octanol–water partition coefficient (Wildman–Crippen LogP) is 3.48. The monoisotopic (exact) mass is 390 g/mol. The van der Waals surface area contributed by atoms with Crippen molar-refractivity contribution in [1.29, 1.82) is 0 Å². The molecule has 0 heterocycles. The van der Waals surface area contributed by atoms with Gasteiger partial charge in [-0.05, 0) is 18.1 Å². The topological polar surface area (TPSA) is 59.6 Å². The van der Waals surface area contributed by atoms with Gasteiger partial charge in [0.1, 0.15) is 5.69 Å². The lowest BCUT2D eigenvalue weighted by atomic mass is 10.1. The normalized spacial score (nSPS) is 10.5. The smallest absolute Gasteiger partial charge is 0.238 e. The van der Waals surface area contributed by atoms with Crippen molar-refractivity contribution in [2.24, 2.45) is 0 Å². The van der Waals surface area contributed by atoms with E-state index in [2.05, 4.69) is 0 Å². The molecule has 0 atom stereocenters. The summed E-state index contributed by atoms with van der Waals surface area (Å²) >= 11 is 0. The molecule has 2 rings (SSSR count). The summed E-state index contributed by atoms with van der Waals surface area (Å²) in [6, 6.07) is 5.03. The Bertz CT molecular complexity index is 832. The second-order valence-electron chi connectivity index (χ2n) is 5.27. The molecular formula is C17H15F5N2O3. The zero-order valence-electron chi connectivity index (χ0n) is 14.3. The van der Waals surface area contributed by atoms with E-state index in [9.17, 15) is 26.7 Å². The van der Waals surface area contributed by atoms with Crippen LogP contribution in [0.3, 0.4) is 0 Å². The number of amides is 1. The van der Waals surface area contributed by atoms with Crippen LogP contribution in [0.15, 0.2) is 18.2 Å². The quantitative estimate of drug-likeness (QED) is 0.329. The van der Waals surface area contributed by atoms with E-state index in [4.69, 9.17) is 9.47 Å². The highest BCUT2D eigenvalue weighted by Gasteiger charge is 2.26. The van der Waals surface area contributed by atoms with Crippen LogP contribution in [0.4, 0.5) is 27.6 Å². The van der Waals surface area contributed by atoms with Crippen molar-refractivity contribution >= 4 is 11.6 Å². The van der Waals surface area contributed by atoms with Crippen LogP contribution >= 0.6 is 0 Å². The van der Waals surface area contributed by atoms with Gasteiger partial charge in [0.25, 0.3) is 0 Å². The molecule has 27 heavy (non-hydrogen) atoms. The van der Waals surface area contributed by atoms with E-state index in [1.807, 2.05) is 5.43 Å². The van der Waals surface area contributed by atoms with Crippen LogP contribution in [0, 0.1) is 29.1 Å². The van der Waals surface area contributed by atoms with Gasteiger partial charge in [-0.15, -0.1) is 0 Å². The number of ether oxygens (including phenoxy) is 2. The van der Waals surface area contributed by atoms with Crippen LogP contribution in [0.25, 0.3) is 0 Å². The number of carbonyl (C=O) groups is 1. The Labute approximate surface area is 151 Å². The van der Waals surface area contributed by atoms with Crippen molar-refractivity contribution in [3.8, 4) is 11.5 Å². The molecule has 0 saturated heterocycles. The van der Waals surface area contributed by atoms with Gasteiger partial charge in [0.2, 0.25) is 11.7 Å². The molecule has 146 valence electrons. The van der Waals surface area contributed by atoms with Gasteiger partial charge in [-0.25, -0.2) is 22.0 Å². The first-order valence-corrected chi connectivity index (χ1v) is 7.57. The molecular weight excluding hydrogens is 375 g/mol. The molecule has 0 aliphatic carbocycles. The number of hydrogen-bond acceptors (Lipinski definition) is 4. The fourth-order valence-electron chi connectivity index (χ4n) is 2.31. The number of halogens is 5. The molecule has 0 unspecified atom stereocenters. The minimum absolute atomic E-state index is 0.161. The van der Waals surface area contributed by atoms with E-state index in [0.717, 1.165) is 0 Å². The standard InChI is InChI=1S/C17H15F5N2O3/c1-26-9-5-3-4-8(17(9)27-2)6-7-10(25)23-24-16-14(21)12(19)11(18)13(20)15(16)22/h3-5,24H,6-7H2,1-2H3,(H,23,25). The average Bonchev–Trinajstić information content (AvgIpc) is 2.68. The molecule has 10 heteroatoms. The van der Waals surface area contributed by atoms with E-state index in [1.165, 1.54) is 14.2 Å². The number of methoxy groups -OCH3 is 2. The summed E-state index contributed by atoms with van der Waals surface area (Å²) < 4.78 is 76.6. The van der Waals surface area contributed by atoms with Crippen LogP contribution in [0.1, 0.15) is 12.0 Å². The first kappa shape index (κ1) is 20.3. The number of anilines is 1. The molecule has 2 N–H and O–H groups in total. The lowest BCUT2D eigenvalue weighted by Gasteiger charge is -2.13. The van der Waals surface area contributed by atoms with Gasteiger partial charge < -0.3 is 9.47 Å². The van der Waals surface area contributed by atoms with Crippen molar-refractivity contribution in [3.63, 3.8) is 0 Å². The zero-order valence-corrected chi connectivity index (χ0v) is 14.3. The molecule has 2 aromatic rings. The maximum atomic E-state index is 13.5. The van der Waals surface area contributed by atoms with E-state index >= 15 is 0 Å². The third kappa shape index (κ3) is 4.21. The molecule has 0 bridgehead atoms. The lowest BCUT2D eigenvalue weighted by Crippen LogP contribution is -2.31. The van der Waals surface area contributed by atoms with Crippen LogP contribution in [-0.4, -0.2) is 20.1 Å². The minimum Gasteiger partial charge on any atom is -0.493 e. The first-order chi connectivity index (χ1) is 12.8. The van der Waals surface area contributed by atoms with Crippen molar-refractivity contribution in [3.05, 3.63) is 52.8 Å². The van der Waals surface area contributed by atoms with Crippen molar-refractivity contribution in [2.75, 3.05) is 19.6 Å². The third-order valence-corrected chi connectivity index (χ3v) is 3.64. The molecule has 0 aromatic heterocycles. The highest BCUT2D eigenvalue weighted by Crippen LogP contribution is 2.31. The molecule has 0 saturated carbocycles. The number of aryl methyl sites for hydroxylation is 1. The molecule has 5 nitrogen and oxygen atoms in total. The second-order valence-corrected chi connectivity index (χ2v) is 5.27. The van der Waals surface area contributed by atoms with Gasteiger partial charge in [-0.3, -0.25) is 15.6 Å². The predicted molar refractivity (Wildman–Crippen MR) is 85.9 cm³/mol. The lowest BCUT2D eigenvalue weighted by molar-refractivity contribution is -0.120. The Balaban J connectivity index is 2.05. The van der Waals surface area contributed by atoms with Crippen molar-refractivity contribution in [1.82, 2.24) is 5.43 Å². The van der Waals surface area contributed by atoms with Crippen LogP contribution in [0.5, 0.6) is 11.5 Å². The highest BCUT2D eigenvalue weighted by atomic mass is 19.2. The van der Waals surface area contributed by atoms with Gasteiger partial charge >= 0.3 is 0 Å². The summed E-state index contributed by atoms with van der Waals surface area (Å²) in [6.07, 6.45) is 0.0108. The van der Waals surface area contributed by atoms with Crippen LogP contribution in [0.2, 0.25) is 0 Å². The molecule has 2 aromatic carbocycles. The first-order valence-electron chi connectivity index (χ1n) is 7.57. The Kier molecular flexibility index (Phi) is 6.43. The summed E-state index contributed by atoms with van der Waals surface area (Å²) in [5.74, 6) is -10.6. The number of carbonyl (C=O) groups excluding carboxylic acids is 1. The highest BCUT2D eigenvalue weighted by molar-refractivity contribution is 5.78. The zero-order chi connectivity index (χ0) is 20.1. The Hall–Kier alpha value is -3.04. The summed E-state index contributed by atoms with van der Waals surface area (Å²) in [5, 5.41) is 0. The maximum Gasteiger partial charge on any atom is 0.238 e. The summed E-state index contributed by atoms with van der Waals surface area (Å²) in [4.78, 5) is 11.9. The van der Waals surface area contributed by atoms with E-state index < -0.39 is 40.7 Å². The molecule has 1 amide bonds. The van der Waals surface area contributed by atoms with Gasteiger partial charge in [0.15, 0.2) is 34.8 Å². The summed E-state index contributed by atoms with van der Waals surface area (Å²) in [7, 11) is 2.87. The molecule has 0 aliphatic heterocycles. The molecule has 0 radical (unpaired) electrons. The largest absolute Gasteiger partial charge is 0.493 e. The SMILES string of the molecule is COc1cccc(CCC(=O)NNc2c(F)c(F)c(F)c(F)c2F)c1OC. The maximum absolute atomic E-state index is 13.5. The van der Waals surface area contributed by atoms with Gasteiger partial charge in [0.05, 0.1) is 14.2 Å². The fourth-order valence-corrected chi connectivity index (χ4v) is 2.31. The number of para-hydroxylation sites is 1. The molecule has 0 spiro atoms. The number of hydrazine groups is 1. The van der Waals surface area contributed by atoms with Gasteiger partial charge in [-0.2, -0.15) is 0 Å². The average molecular weight is 390 g/mol. The summed E-state index contributed by atoms with van der Waals surface area (Å²) in [5.41, 5.74) is 2.90. The fraction of sp³-hybridized carbons (Fsp3) is 0.235. The van der Waals surface area contributed by atoms with Crippen molar-refractivity contribution < 1.29 is 36.2 Å². The molecule has 0 fully saturated rings. The molecule has 0 aliphatic rings. The number of rotatable bonds is 7. The number of benzene rings is 2. The third-order valence-electron chi connectivity index (χ3n) is 3.64. The van der Waals surface area contributed by atoms with Gasteiger partial charge in [-0.1, -0.05) is 12.1 Å². The van der Waals surface area contributed by atoms with Crippen LogP contribution < -0.4 is 20.3 Å². The minimum atomic E-state index is -2.29.